The van der Waals surface area contributed by atoms with Gasteiger partial charge in [-0.15, -0.1) is 0 Å². The number of rotatable bonds is 3. The lowest BCUT2D eigenvalue weighted by atomic mass is 9.83. The maximum Gasteiger partial charge on any atom is 0.410 e. The Balaban J connectivity index is 1.69. The van der Waals surface area contributed by atoms with Gasteiger partial charge in [0.2, 0.25) is 0 Å². The maximum atomic E-state index is 12.7. The molecule has 0 spiro atoms. The highest BCUT2D eigenvalue weighted by Crippen LogP contribution is 2.34. The summed E-state index contributed by atoms with van der Waals surface area (Å²) in [7, 11) is 0. The molecule has 32 heavy (non-hydrogen) atoms. The van der Waals surface area contributed by atoms with E-state index in [9.17, 15) is 4.79 Å². The third-order valence-electron chi connectivity index (χ3n) is 6.43. The zero-order valence-corrected chi connectivity index (χ0v) is 20.1. The maximum absolute atomic E-state index is 12.7. The Morgan fingerprint density at radius 2 is 1.56 bits per heavy atom. The van der Waals surface area contributed by atoms with Crippen molar-refractivity contribution < 1.29 is 9.53 Å². The second kappa shape index (κ2) is 8.72. The molecule has 1 fully saturated rings. The first-order chi connectivity index (χ1) is 15.1. The minimum atomic E-state index is -0.496. The van der Waals surface area contributed by atoms with Crippen LogP contribution in [0.15, 0.2) is 30.3 Å². The van der Waals surface area contributed by atoms with Crippen molar-refractivity contribution in [2.45, 2.75) is 71.3 Å². The molecule has 172 valence electrons. The molecule has 1 aromatic heterocycles. The van der Waals surface area contributed by atoms with Crippen LogP contribution >= 0.6 is 0 Å². The summed E-state index contributed by atoms with van der Waals surface area (Å²) in [5.74, 6) is 1.92. The molecule has 6 nitrogen and oxygen atoms in total. The van der Waals surface area contributed by atoms with Gasteiger partial charge >= 0.3 is 6.09 Å². The van der Waals surface area contributed by atoms with Crippen molar-refractivity contribution in [2.75, 3.05) is 31.1 Å². The molecule has 0 saturated carbocycles. The number of aromatic nitrogens is 2. The summed E-state index contributed by atoms with van der Waals surface area (Å²) in [5.41, 5.74) is 2.68. The summed E-state index contributed by atoms with van der Waals surface area (Å²) in [6, 6.07) is 10.5. The predicted octanol–water partition coefficient (Wildman–Crippen LogP) is 4.74. The number of benzene rings is 1. The largest absolute Gasteiger partial charge is 0.444 e. The number of amides is 1. The second-order valence-corrected chi connectivity index (χ2v) is 10.4. The average molecular weight is 437 g/mol. The highest BCUT2D eigenvalue weighted by molar-refractivity contribution is 5.68. The second-order valence-electron chi connectivity index (χ2n) is 10.4. The number of carbonyl (C=O) groups excluding carboxylic acids is 1. The van der Waals surface area contributed by atoms with Crippen LogP contribution in [0.1, 0.15) is 70.1 Å². The third-order valence-corrected chi connectivity index (χ3v) is 6.43. The standard InChI is InChI=1S/C26H36N4O2/c1-25(2,3)32-24(31)30-17-13-20-21(14-18-30)27-23(28-22(20)29-15-9-10-16-29)26(4,5)19-11-7-6-8-12-19/h6-8,11-12H,9-10,13-18H2,1-5H3. The van der Waals surface area contributed by atoms with Crippen LogP contribution in [-0.2, 0) is 23.0 Å². The van der Waals surface area contributed by atoms with Crippen molar-refractivity contribution in [3.05, 3.63) is 53.0 Å². The van der Waals surface area contributed by atoms with Crippen LogP contribution in [0.2, 0.25) is 0 Å². The zero-order valence-electron chi connectivity index (χ0n) is 20.1. The van der Waals surface area contributed by atoms with E-state index in [1.165, 1.54) is 24.0 Å². The van der Waals surface area contributed by atoms with Crippen LogP contribution in [-0.4, -0.2) is 52.7 Å². The number of hydrogen-bond donors (Lipinski definition) is 0. The first kappa shape index (κ1) is 22.6. The lowest BCUT2D eigenvalue weighted by Crippen LogP contribution is -2.38. The highest BCUT2D eigenvalue weighted by Gasteiger charge is 2.32. The van der Waals surface area contributed by atoms with E-state index in [2.05, 4.69) is 43.0 Å². The van der Waals surface area contributed by atoms with E-state index in [0.717, 1.165) is 43.3 Å². The van der Waals surface area contributed by atoms with Crippen molar-refractivity contribution in [3.63, 3.8) is 0 Å². The number of carbonyl (C=O) groups is 1. The molecule has 2 aliphatic heterocycles. The number of anilines is 1. The normalized spacial score (nSPS) is 17.2. The van der Waals surface area contributed by atoms with Gasteiger partial charge in [0.1, 0.15) is 17.2 Å². The van der Waals surface area contributed by atoms with E-state index in [1.807, 2.05) is 31.7 Å². The molecule has 2 aliphatic rings. The van der Waals surface area contributed by atoms with Gasteiger partial charge in [0, 0.05) is 43.6 Å². The van der Waals surface area contributed by atoms with Gasteiger partial charge in [-0.05, 0) is 59.4 Å². The fraction of sp³-hybridized carbons (Fsp3) is 0.577. The van der Waals surface area contributed by atoms with Gasteiger partial charge < -0.3 is 14.5 Å². The summed E-state index contributed by atoms with van der Waals surface area (Å²) in [5, 5.41) is 0. The van der Waals surface area contributed by atoms with Crippen LogP contribution in [0.4, 0.5) is 10.6 Å². The van der Waals surface area contributed by atoms with Crippen molar-refractivity contribution in [3.8, 4) is 0 Å². The Bertz CT molecular complexity index is 960. The fourth-order valence-corrected chi connectivity index (χ4v) is 4.54. The molecular weight excluding hydrogens is 400 g/mol. The monoisotopic (exact) mass is 436 g/mol. The van der Waals surface area contributed by atoms with E-state index >= 15 is 0 Å². The lowest BCUT2D eigenvalue weighted by Gasteiger charge is -2.28. The first-order valence-corrected chi connectivity index (χ1v) is 11.8. The minimum absolute atomic E-state index is 0.245. The Labute approximate surface area is 192 Å². The number of hydrogen-bond acceptors (Lipinski definition) is 5. The number of fused-ring (bicyclic) bond motifs is 1. The molecule has 0 atom stereocenters. The molecule has 2 aromatic rings. The molecule has 0 N–H and O–H groups in total. The summed E-state index contributed by atoms with van der Waals surface area (Å²) in [4.78, 5) is 27.2. The fourth-order valence-electron chi connectivity index (χ4n) is 4.54. The minimum Gasteiger partial charge on any atom is -0.444 e. The Hall–Kier alpha value is -2.63. The van der Waals surface area contributed by atoms with Crippen LogP contribution in [0, 0.1) is 0 Å². The molecule has 0 aliphatic carbocycles. The Kier molecular flexibility index (Phi) is 6.15. The highest BCUT2D eigenvalue weighted by atomic mass is 16.6. The van der Waals surface area contributed by atoms with Crippen molar-refractivity contribution in [2.24, 2.45) is 0 Å². The van der Waals surface area contributed by atoms with E-state index in [1.54, 1.807) is 0 Å². The number of nitrogens with zero attached hydrogens (tertiary/aromatic N) is 4. The summed E-state index contributed by atoms with van der Waals surface area (Å²) in [6.45, 7) is 13.4. The molecule has 1 saturated heterocycles. The van der Waals surface area contributed by atoms with Crippen molar-refractivity contribution in [1.82, 2.24) is 14.9 Å². The molecule has 0 radical (unpaired) electrons. The van der Waals surface area contributed by atoms with Gasteiger partial charge in [-0.2, -0.15) is 0 Å². The smallest absolute Gasteiger partial charge is 0.410 e. The van der Waals surface area contributed by atoms with E-state index in [4.69, 9.17) is 14.7 Å². The van der Waals surface area contributed by atoms with Crippen molar-refractivity contribution in [1.29, 1.82) is 0 Å². The van der Waals surface area contributed by atoms with Gasteiger partial charge in [-0.25, -0.2) is 14.8 Å². The zero-order chi connectivity index (χ0) is 22.9. The lowest BCUT2D eigenvalue weighted by molar-refractivity contribution is 0.0258. The van der Waals surface area contributed by atoms with Crippen LogP contribution < -0.4 is 4.90 Å². The molecule has 6 heteroatoms. The topological polar surface area (TPSA) is 58.6 Å². The van der Waals surface area contributed by atoms with Gasteiger partial charge in [0.25, 0.3) is 0 Å². The quantitative estimate of drug-likeness (QED) is 0.696. The van der Waals surface area contributed by atoms with Crippen LogP contribution in [0.25, 0.3) is 0 Å². The van der Waals surface area contributed by atoms with E-state index < -0.39 is 5.60 Å². The molecule has 0 bridgehead atoms. The summed E-state index contributed by atoms with van der Waals surface area (Å²) in [6.07, 6.45) is 3.62. The number of ether oxygens (including phenoxy) is 1. The summed E-state index contributed by atoms with van der Waals surface area (Å²) < 4.78 is 5.64. The van der Waals surface area contributed by atoms with E-state index in [0.29, 0.717) is 13.1 Å². The molecule has 1 aromatic carbocycles. The third kappa shape index (κ3) is 4.74. The van der Waals surface area contributed by atoms with Crippen LogP contribution in [0.5, 0.6) is 0 Å². The molecule has 1 amide bonds. The van der Waals surface area contributed by atoms with Crippen molar-refractivity contribution >= 4 is 11.9 Å². The van der Waals surface area contributed by atoms with Crippen LogP contribution in [0.3, 0.4) is 0 Å². The molecular formula is C26H36N4O2. The van der Waals surface area contributed by atoms with Gasteiger partial charge in [-0.3, -0.25) is 0 Å². The van der Waals surface area contributed by atoms with Gasteiger partial charge in [-0.1, -0.05) is 30.3 Å². The molecule has 4 rings (SSSR count). The Morgan fingerprint density at radius 3 is 2.22 bits per heavy atom. The first-order valence-electron chi connectivity index (χ1n) is 11.8. The molecule has 0 unspecified atom stereocenters. The Morgan fingerprint density at radius 1 is 0.906 bits per heavy atom. The SMILES string of the molecule is CC(C)(C)OC(=O)N1CCc2nc(C(C)(C)c3ccccc3)nc(N3CCCC3)c2CC1. The molecule has 3 heterocycles. The predicted molar refractivity (Wildman–Crippen MR) is 127 cm³/mol. The summed E-state index contributed by atoms with van der Waals surface area (Å²) >= 11 is 0. The van der Waals surface area contributed by atoms with Gasteiger partial charge in [0.15, 0.2) is 0 Å². The average Bonchev–Trinajstić information content (AvgIpc) is 3.19. The van der Waals surface area contributed by atoms with Gasteiger partial charge in [0.05, 0.1) is 5.69 Å². The van der Waals surface area contributed by atoms with E-state index in [-0.39, 0.29) is 11.5 Å².